The van der Waals surface area contributed by atoms with E-state index in [4.69, 9.17) is 14.8 Å². The quantitative estimate of drug-likeness (QED) is 0.770. The summed E-state index contributed by atoms with van der Waals surface area (Å²) in [5.41, 5.74) is 6.92. The minimum absolute atomic E-state index is 0.0309. The standard InChI is InChI=1S/C24H35N7O2/c1-16-21(28(3)4)14-22-19(26-16)6-5-10-30(22)23-18-15-29(24(32)25-2)11-7-20(18)31(27-23)17-8-12-33-13-9-17/h14,17H,5-13,15H2,1-4H3,(H,25,32). The van der Waals surface area contributed by atoms with Crippen LogP contribution in [-0.4, -0.2) is 73.1 Å². The highest BCUT2D eigenvalue weighted by atomic mass is 16.5. The summed E-state index contributed by atoms with van der Waals surface area (Å²) in [6.07, 6.45) is 4.80. The van der Waals surface area contributed by atoms with Crippen LogP contribution in [0.4, 0.5) is 22.0 Å². The van der Waals surface area contributed by atoms with Crippen molar-refractivity contribution in [2.75, 3.05) is 57.2 Å². The molecule has 0 bridgehead atoms. The number of carbonyl (C=O) groups is 1. The fourth-order valence-electron chi connectivity index (χ4n) is 5.46. The molecule has 1 N–H and O–H groups in total. The van der Waals surface area contributed by atoms with Crippen molar-refractivity contribution in [1.82, 2.24) is 25.0 Å². The van der Waals surface area contributed by atoms with Crippen LogP contribution in [0.3, 0.4) is 0 Å². The van der Waals surface area contributed by atoms with Gasteiger partial charge in [-0.3, -0.25) is 9.67 Å². The van der Waals surface area contributed by atoms with Crippen LogP contribution < -0.4 is 15.1 Å². The molecule has 0 radical (unpaired) electrons. The summed E-state index contributed by atoms with van der Waals surface area (Å²) >= 11 is 0. The highest BCUT2D eigenvalue weighted by Crippen LogP contribution is 2.40. The lowest BCUT2D eigenvalue weighted by atomic mass is 10.0. The van der Waals surface area contributed by atoms with Gasteiger partial charge in [0.25, 0.3) is 0 Å². The summed E-state index contributed by atoms with van der Waals surface area (Å²) in [6, 6.07) is 2.58. The van der Waals surface area contributed by atoms with Gasteiger partial charge in [-0.05, 0) is 38.7 Å². The van der Waals surface area contributed by atoms with Gasteiger partial charge < -0.3 is 24.8 Å². The fourth-order valence-corrected chi connectivity index (χ4v) is 5.46. The Labute approximate surface area is 195 Å². The van der Waals surface area contributed by atoms with Crippen molar-refractivity contribution in [2.24, 2.45) is 0 Å². The predicted octanol–water partition coefficient (Wildman–Crippen LogP) is 2.79. The number of nitrogens with zero attached hydrogens (tertiary/aromatic N) is 6. The average Bonchev–Trinajstić information content (AvgIpc) is 3.21. The zero-order valence-corrected chi connectivity index (χ0v) is 20.2. The topological polar surface area (TPSA) is 78.8 Å². The van der Waals surface area contributed by atoms with Crippen molar-refractivity contribution >= 4 is 23.2 Å². The van der Waals surface area contributed by atoms with E-state index in [0.717, 1.165) is 80.4 Å². The number of urea groups is 1. The minimum Gasteiger partial charge on any atom is -0.381 e. The predicted molar refractivity (Wildman–Crippen MR) is 129 cm³/mol. The van der Waals surface area contributed by atoms with Crippen molar-refractivity contribution in [3.8, 4) is 0 Å². The molecular weight excluding hydrogens is 418 g/mol. The van der Waals surface area contributed by atoms with Gasteiger partial charge in [0.15, 0.2) is 5.82 Å². The van der Waals surface area contributed by atoms with E-state index in [1.165, 1.54) is 11.3 Å². The molecule has 0 aliphatic carbocycles. The molecule has 1 fully saturated rings. The molecule has 0 unspecified atom stereocenters. The molecule has 9 heteroatoms. The Morgan fingerprint density at radius 3 is 2.73 bits per heavy atom. The van der Waals surface area contributed by atoms with Gasteiger partial charge in [0.05, 0.1) is 35.3 Å². The number of hydrogen-bond donors (Lipinski definition) is 1. The van der Waals surface area contributed by atoms with Crippen molar-refractivity contribution in [2.45, 2.75) is 51.6 Å². The fraction of sp³-hybridized carbons (Fsp3) is 0.625. The summed E-state index contributed by atoms with van der Waals surface area (Å²) in [5.74, 6) is 0.987. The first kappa shape index (κ1) is 22.0. The van der Waals surface area contributed by atoms with Crippen LogP contribution >= 0.6 is 0 Å². The van der Waals surface area contributed by atoms with Crippen LogP contribution in [0.1, 0.15) is 47.9 Å². The monoisotopic (exact) mass is 453 g/mol. The molecule has 3 aliphatic rings. The molecule has 9 nitrogen and oxygen atoms in total. The van der Waals surface area contributed by atoms with Gasteiger partial charge in [-0.15, -0.1) is 0 Å². The molecule has 0 saturated carbocycles. The zero-order chi connectivity index (χ0) is 23.1. The maximum absolute atomic E-state index is 12.5. The highest BCUT2D eigenvalue weighted by molar-refractivity contribution is 5.76. The van der Waals surface area contributed by atoms with Gasteiger partial charge in [-0.2, -0.15) is 5.10 Å². The Kier molecular flexibility index (Phi) is 5.90. The third-order valence-corrected chi connectivity index (χ3v) is 7.17. The van der Waals surface area contributed by atoms with Crippen molar-refractivity contribution < 1.29 is 9.53 Å². The van der Waals surface area contributed by atoms with Crippen LogP contribution in [-0.2, 0) is 24.1 Å². The van der Waals surface area contributed by atoms with Crippen LogP contribution in [0.25, 0.3) is 0 Å². The maximum Gasteiger partial charge on any atom is 0.317 e. The minimum atomic E-state index is -0.0309. The lowest BCUT2D eigenvalue weighted by molar-refractivity contribution is 0.0651. The Balaban J connectivity index is 1.61. The molecule has 0 atom stereocenters. The van der Waals surface area contributed by atoms with Crippen molar-refractivity contribution in [1.29, 1.82) is 0 Å². The van der Waals surface area contributed by atoms with E-state index < -0.39 is 0 Å². The van der Waals surface area contributed by atoms with E-state index >= 15 is 0 Å². The van der Waals surface area contributed by atoms with Crippen molar-refractivity contribution in [3.05, 3.63) is 28.7 Å². The normalized spacial score (nSPS) is 18.7. The largest absolute Gasteiger partial charge is 0.381 e. The molecule has 178 valence electrons. The number of aromatic nitrogens is 3. The lowest BCUT2D eigenvalue weighted by Gasteiger charge is -2.33. The second kappa shape index (κ2) is 8.85. The Hall–Kier alpha value is -2.81. The van der Waals surface area contributed by atoms with Crippen molar-refractivity contribution in [3.63, 3.8) is 0 Å². The summed E-state index contributed by atoms with van der Waals surface area (Å²) in [7, 11) is 5.82. The van der Waals surface area contributed by atoms with Crippen LogP contribution in [0, 0.1) is 6.92 Å². The third-order valence-electron chi connectivity index (χ3n) is 7.17. The number of fused-ring (bicyclic) bond motifs is 2. The number of hydrogen-bond acceptors (Lipinski definition) is 6. The Bertz CT molecular complexity index is 1040. The van der Waals surface area contributed by atoms with Gasteiger partial charge >= 0.3 is 6.03 Å². The molecule has 3 aliphatic heterocycles. The first-order valence-corrected chi connectivity index (χ1v) is 12.1. The van der Waals surface area contributed by atoms with E-state index in [1.807, 2.05) is 4.90 Å². The molecular formula is C24H35N7O2. The molecule has 2 aromatic heterocycles. The van der Waals surface area contributed by atoms with Gasteiger partial charge in [0, 0.05) is 65.1 Å². The molecule has 0 aromatic carbocycles. The van der Waals surface area contributed by atoms with E-state index in [-0.39, 0.29) is 6.03 Å². The van der Waals surface area contributed by atoms with E-state index in [1.54, 1.807) is 7.05 Å². The SMILES string of the molecule is CNC(=O)N1CCc2c(c(N3CCCc4nc(C)c(N(C)C)cc43)nn2C2CCOCC2)C1. The Morgan fingerprint density at radius 2 is 2.00 bits per heavy atom. The number of pyridine rings is 1. The summed E-state index contributed by atoms with van der Waals surface area (Å²) in [6.45, 7) is 5.84. The number of amides is 2. The van der Waals surface area contributed by atoms with Crippen LogP contribution in [0.5, 0.6) is 0 Å². The van der Waals surface area contributed by atoms with E-state index in [2.05, 4.69) is 46.9 Å². The second-order valence-corrected chi connectivity index (χ2v) is 9.47. The molecule has 1 saturated heterocycles. The first-order chi connectivity index (χ1) is 16.0. The highest BCUT2D eigenvalue weighted by Gasteiger charge is 2.34. The summed E-state index contributed by atoms with van der Waals surface area (Å²) in [5, 5.41) is 8.03. The van der Waals surface area contributed by atoms with Gasteiger partial charge in [-0.25, -0.2) is 4.79 Å². The third kappa shape index (κ3) is 3.92. The lowest BCUT2D eigenvalue weighted by Crippen LogP contribution is -2.42. The number of rotatable bonds is 3. The molecule has 5 heterocycles. The summed E-state index contributed by atoms with van der Waals surface area (Å²) in [4.78, 5) is 23.8. The number of aryl methyl sites for hydroxylation is 2. The smallest absolute Gasteiger partial charge is 0.317 e. The first-order valence-electron chi connectivity index (χ1n) is 12.1. The van der Waals surface area contributed by atoms with Gasteiger partial charge in [0.1, 0.15) is 0 Å². The average molecular weight is 454 g/mol. The van der Waals surface area contributed by atoms with E-state index in [9.17, 15) is 4.79 Å². The number of nitrogens with one attached hydrogen (secondary N) is 1. The summed E-state index contributed by atoms with van der Waals surface area (Å²) < 4.78 is 7.88. The van der Waals surface area contributed by atoms with Crippen LogP contribution in [0.2, 0.25) is 0 Å². The molecule has 33 heavy (non-hydrogen) atoms. The molecule has 0 spiro atoms. The second-order valence-electron chi connectivity index (χ2n) is 9.47. The maximum atomic E-state index is 12.5. The van der Waals surface area contributed by atoms with Gasteiger partial charge in [-0.1, -0.05) is 0 Å². The number of anilines is 3. The Morgan fingerprint density at radius 1 is 1.21 bits per heavy atom. The molecule has 2 aromatic rings. The number of ether oxygens (including phenoxy) is 1. The van der Waals surface area contributed by atoms with E-state index in [0.29, 0.717) is 19.1 Å². The molecule has 5 rings (SSSR count). The van der Waals surface area contributed by atoms with Gasteiger partial charge in [0.2, 0.25) is 0 Å². The van der Waals surface area contributed by atoms with Crippen LogP contribution in [0.15, 0.2) is 6.07 Å². The molecule has 2 amide bonds. The number of carbonyl (C=O) groups excluding carboxylic acids is 1. The zero-order valence-electron chi connectivity index (χ0n) is 20.2.